The molecule has 0 spiro atoms. The van der Waals surface area contributed by atoms with Gasteiger partial charge in [0.15, 0.2) is 0 Å². The van der Waals surface area contributed by atoms with Crippen molar-refractivity contribution < 1.29 is 16.9 Å². The molecule has 0 saturated carbocycles. The summed E-state index contributed by atoms with van der Waals surface area (Å²) in [6.45, 7) is 7.72. The van der Waals surface area contributed by atoms with Crippen molar-refractivity contribution >= 4 is 10.3 Å². The second-order valence-electron chi connectivity index (χ2n) is 3.18. The fourth-order valence-corrected chi connectivity index (χ4v) is 0.690. The predicted molar refractivity (Wildman–Crippen MR) is 52.8 cm³/mol. The number of likely N-dealkylation sites (N-methyl/N-ethyl adjacent to an activating group) is 1. The summed E-state index contributed by atoms with van der Waals surface area (Å²) < 4.78 is 30.6. The number of quaternary nitrogens is 1. The van der Waals surface area contributed by atoms with Gasteiger partial charge >= 0.3 is 0 Å². The van der Waals surface area contributed by atoms with Crippen LogP contribution < -0.4 is 0 Å². The first-order chi connectivity index (χ1) is 5.72. The van der Waals surface area contributed by atoms with Gasteiger partial charge in [-0.05, 0) is 6.08 Å². The lowest BCUT2D eigenvalue weighted by atomic mass is 10.6. The summed E-state index contributed by atoms with van der Waals surface area (Å²) in [5.74, 6) is 0. The fraction of sp³-hybridized carbons (Fsp3) is 0.750. The zero-order valence-corrected chi connectivity index (χ0v) is 9.60. The summed E-state index contributed by atoms with van der Waals surface area (Å²) in [5.41, 5.74) is 0. The van der Waals surface area contributed by atoms with Crippen LogP contribution in [0.2, 0.25) is 0 Å². The van der Waals surface area contributed by atoms with Crippen LogP contribution in [0.15, 0.2) is 12.7 Å². The zero-order valence-electron chi connectivity index (χ0n) is 8.78. The van der Waals surface area contributed by atoms with E-state index in [-0.39, 0.29) is 6.54 Å². The largest absolute Gasteiger partial charge is 0.702 e. The standard InChI is InChI=1S/C5H11NO3S.C3H8/c1-4-5-6(2,3)10(7,8)9;1-3-2/h4H,1,5H2,2-3H3;3H2,1-2H3. The third-order valence-corrected chi connectivity index (χ3v) is 2.53. The minimum absolute atomic E-state index is 0.131. The maximum Gasteiger partial charge on any atom is 0.254 e. The Balaban J connectivity index is 0. The summed E-state index contributed by atoms with van der Waals surface area (Å²) in [7, 11) is -1.60. The number of rotatable bonds is 3. The minimum Gasteiger partial charge on any atom is -0.702 e. The highest BCUT2D eigenvalue weighted by Crippen LogP contribution is 2.03. The van der Waals surface area contributed by atoms with E-state index in [2.05, 4.69) is 20.4 Å². The lowest BCUT2D eigenvalue weighted by Crippen LogP contribution is -2.45. The molecule has 0 aromatic heterocycles. The Hall–Kier alpha value is -0.390. The molecule has 80 valence electrons. The molecule has 0 aliphatic carbocycles. The van der Waals surface area contributed by atoms with Crippen LogP contribution in [-0.4, -0.2) is 37.5 Å². The molecule has 0 saturated heterocycles. The van der Waals surface area contributed by atoms with Gasteiger partial charge in [0.1, 0.15) is 6.54 Å². The molecule has 0 bridgehead atoms. The molecular weight excluding hydrogens is 190 g/mol. The molecule has 13 heavy (non-hydrogen) atoms. The Labute approximate surface area is 81.3 Å². The van der Waals surface area contributed by atoms with Crippen LogP contribution in [0.5, 0.6) is 0 Å². The van der Waals surface area contributed by atoms with Crippen molar-refractivity contribution in [1.82, 2.24) is 0 Å². The summed E-state index contributed by atoms with van der Waals surface area (Å²) in [6.07, 6.45) is 2.65. The van der Waals surface area contributed by atoms with E-state index in [0.29, 0.717) is 0 Å². The van der Waals surface area contributed by atoms with Crippen molar-refractivity contribution in [3.63, 3.8) is 0 Å². The van der Waals surface area contributed by atoms with E-state index in [1.807, 2.05) is 0 Å². The quantitative estimate of drug-likeness (QED) is 0.397. The Bertz CT molecular complexity index is 232. The Morgan fingerprint density at radius 3 is 1.77 bits per heavy atom. The molecule has 0 atom stereocenters. The highest BCUT2D eigenvalue weighted by Gasteiger charge is 2.20. The van der Waals surface area contributed by atoms with Gasteiger partial charge in [0.25, 0.3) is 10.3 Å². The van der Waals surface area contributed by atoms with E-state index >= 15 is 0 Å². The van der Waals surface area contributed by atoms with Gasteiger partial charge in [0.05, 0.1) is 14.1 Å². The van der Waals surface area contributed by atoms with E-state index < -0.39 is 14.2 Å². The third-order valence-electron chi connectivity index (χ3n) is 1.17. The van der Waals surface area contributed by atoms with Gasteiger partial charge in [-0.25, -0.2) is 3.89 Å². The number of hydrogen-bond acceptors (Lipinski definition) is 3. The molecule has 0 aromatic rings. The monoisotopic (exact) mass is 209 g/mol. The van der Waals surface area contributed by atoms with Gasteiger partial charge in [-0.15, -0.1) is 0 Å². The van der Waals surface area contributed by atoms with Crippen LogP contribution in [0.25, 0.3) is 0 Å². The molecule has 0 fully saturated rings. The van der Waals surface area contributed by atoms with E-state index in [9.17, 15) is 13.0 Å². The maximum atomic E-state index is 10.4. The number of hydrogen-bond donors (Lipinski definition) is 0. The van der Waals surface area contributed by atoms with Crippen molar-refractivity contribution in [3.05, 3.63) is 12.7 Å². The van der Waals surface area contributed by atoms with Crippen molar-refractivity contribution in [1.29, 1.82) is 0 Å². The van der Waals surface area contributed by atoms with Crippen LogP contribution in [0.1, 0.15) is 20.3 Å². The maximum absolute atomic E-state index is 10.4. The molecule has 0 aliphatic heterocycles. The van der Waals surface area contributed by atoms with Gasteiger partial charge in [-0.2, -0.15) is 8.42 Å². The SMILES string of the molecule is C=CC[N+](C)(C)S(=O)(=O)[O-].CCC. The van der Waals surface area contributed by atoms with Crippen LogP contribution in [0.4, 0.5) is 0 Å². The van der Waals surface area contributed by atoms with Gasteiger partial charge in [-0.3, -0.25) is 0 Å². The first kappa shape index (κ1) is 15.1. The molecular formula is C8H19NO3S. The zero-order chi connectivity index (χ0) is 11.1. The topological polar surface area (TPSA) is 57.2 Å². The van der Waals surface area contributed by atoms with Crippen molar-refractivity contribution in [2.45, 2.75) is 20.3 Å². The van der Waals surface area contributed by atoms with Crippen molar-refractivity contribution in [2.75, 3.05) is 20.6 Å². The van der Waals surface area contributed by atoms with Crippen LogP contribution in [-0.2, 0) is 10.3 Å². The molecule has 5 heteroatoms. The predicted octanol–water partition coefficient (Wildman–Crippen LogP) is 1.13. The third kappa shape index (κ3) is 6.74. The van der Waals surface area contributed by atoms with E-state index in [1.54, 1.807) is 0 Å². The van der Waals surface area contributed by atoms with Crippen LogP contribution in [0.3, 0.4) is 0 Å². The second kappa shape index (κ2) is 6.12. The summed E-state index contributed by atoms with van der Waals surface area (Å²) >= 11 is 0. The van der Waals surface area contributed by atoms with Gasteiger partial charge in [0, 0.05) is 0 Å². The van der Waals surface area contributed by atoms with E-state index in [4.69, 9.17) is 0 Å². The highest BCUT2D eigenvalue weighted by atomic mass is 32.2. The Morgan fingerprint density at radius 2 is 1.69 bits per heavy atom. The average molecular weight is 209 g/mol. The Kier molecular flexibility index (Phi) is 7.11. The normalized spacial score (nSPS) is 11.5. The summed E-state index contributed by atoms with van der Waals surface area (Å²) in [4.78, 5) is 0. The van der Waals surface area contributed by atoms with E-state index in [0.717, 1.165) is 0 Å². The molecule has 0 amide bonds. The average Bonchev–Trinajstić information content (AvgIpc) is 1.85. The summed E-state index contributed by atoms with van der Waals surface area (Å²) in [6, 6.07) is 0. The molecule has 0 aromatic carbocycles. The lowest BCUT2D eigenvalue weighted by molar-refractivity contribution is -0.760. The summed E-state index contributed by atoms with van der Waals surface area (Å²) in [5, 5.41) is 0. The molecule has 0 aliphatic rings. The molecule has 0 heterocycles. The van der Waals surface area contributed by atoms with Crippen LogP contribution >= 0.6 is 0 Å². The van der Waals surface area contributed by atoms with E-state index in [1.165, 1.54) is 26.6 Å². The van der Waals surface area contributed by atoms with Gasteiger partial charge < -0.3 is 4.55 Å². The first-order valence-corrected chi connectivity index (χ1v) is 5.49. The fourth-order valence-electron chi connectivity index (χ4n) is 0.402. The molecule has 0 unspecified atom stereocenters. The first-order valence-electron chi connectivity index (χ1n) is 4.12. The molecule has 4 nitrogen and oxygen atoms in total. The molecule has 0 rings (SSSR count). The second-order valence-corrected chi connectivity index (χ2v) is 5.02. The minimum atomic E-state index is -4.25. The van der Waals surface area contributed by atoms with Crippen LogP contribution in [0, 0.1) is 0 Å². The van der Waals surface area contributed by atoms with Crippen molar-refractivity contribution in [3.8, 4) is 0 Å². The Morgan fingerprint density at radius 1 is 1.38 bits per heavy atom. The lowest BCUT2D eigenvalue weighted by Gasteiger charge is -2.29. The molecule has 0 radical (unpaired) electrons. The highest BCUT2D eigenvalue weighted by molar-refractivity contribution is 7.79. The van der Waals surface area contributed by atoms with Crippen molar-refractivity contribution in [2.24, 2.45) is 0 Å². The van der Waals surface area contributed by atoms with Gasteiger partial charge in [0.2, 0.25) is 0 Å². The van der Waals surface area contributed by atoms with Gasteiger partial charge in [-0.1, -0.05) is 26.8 Å². The smallest absolute Gasteiger partial charge is 0.254 e. The molecule has 0 N–H and O–H groups in total. The number of nitrogens with zero attached hydrogens (tertiary/aromatic N) is 1.